The lowest BCUT2D eigenvalue weighted by atomic mass is 10.1. The number of rotatable bonds is 4. The van der Waals surface area contributed by atoms with Crippen LogP contribution in [0.1, 0.15) is 47.0 Å². The van der Waals surface area contributed by atoms with Gasteiger partial charge in [0.25, 0.3) is 17.7 Å². The highest BCUT2D eigenvalue weighted by molar-refractivity contribution is 6.34. The predicted octanol–water partition coefficient (Wildman–Crippen LogP) is 4.40. The van der Waals surface area contributed by atoms with Crippen LogP contribution < -0.4 is 10.2 Å². The van der Waals surface area contributed by atoms with Gasteiger partial charge in [0.1, 0.15) is 0 Å². The molecule has 0 fully saturated rings. The zero-order chi connectivity index (χ0) is 22.3. The first-order valence-corrected chi connectivity index (χ1v) is 9.58. The lowest BCUT2D eigenvalue weighted by Gasteiger charge is -2.14. The molecule has 31 heavy (non-hydrogen) atoms. The number of benzene rings is 3. The van der Waals surface area contributed by atoms with Crippen molar-refractivity contribution < 1.29 is 24.3 Å². The lowest BCUT2D eigenvalue weighted by molar-refractivity contribution is 0.0696. The van der Waals surface area contributed by atoms with Crippen molar-refractivity contribution in [2.45, 2.75) is 6.92 Å². The third-order valence-electron chi connectivity index (χ3n) is 5.04. The van der Waals surface area contributed by atoms with E-state index < -0.39 is 17.8 Å². The normalized spacial score (nSPS) is 12.6. The Morgan fingerprint density at radius 1 is 0.903 bits per heavy atom. The van der Waals surface area contributed by atoms with Crippen molar-refractivity contribution in [3.63, 3.8) is 0 Å². The largest absolute Gasteiger partial charge is 0.478 e. The molecule has 0 atom stereocenters. The fourth-order valence-corrected chi connectivity index (χ4v) is 3.48. The van der Waals surface area contributed by atoms with Crippen molar-refractivity contribution >= 4 is 46.7 Å². The molecule has 7 nitrogen and oxygen atoms in total. The van der Waals surface area contributed by atoms with E-state index in [0.717, 1.165) is 10.5 Å². The molecule has 4 rings (SSSR count). The van der Waals surface area contributed by atoms with Crippen molar-refractivity contribution in [2.75, 3.05) is 10.2 Å². The molecule has 0 spiro atoms. The summed E-state index contributed by atoms with van der Waals surface area (Å²) in [7, 11) is 0. The number of carbonyl (C=O) groups is 4. The fraction of sp³-hybridized carbons (Fsp3) is 0.0435. The molecule has 0 bridgehead atoms. The van der Waals surface area contributed by atoms with Gasteiger partial charge in [0.2, 0.25) is 0 Å². The van der Waals surface area contributed by atoms with Crippen molar-refractivity contribution in [2.24, 2.45) is 0 Å². The Hall–Kier alpha value is -3.97. The standard InChI is InChI=1S/C23H15ClN2O5/c1-12-18(24)3-2-4-19(12)25-20(27)13-5-8-15(9-6-13)26-21(28)16-10-7-14(23(30)31)11-17(16)22(26)29/h2-11H,1H3,(H,25,27)(H,30,31). The highest BCUT2D eigenvalue weighted by Gasteiger charge is 2.37. The maximum atomic E-state index is 12.7. The Balaban J connectivity index is 1.57. The van der Waals surface area contributed by atoms with Crippen molar-refractivity contribution in [1.82, 2.24) is 0 Å². The summed E-state index contributed by atoms with van der Waals surface area (Å²) < 4.78 is 0. The van der Waals surface area contributed by atoms with Gasteiger partial charge in [-0.15, -0.1) is 0 Å². The topological polar surface area (TPSA) is 104 Å². The summed E-state index contributed by atoms with van der Waals surface area (Å²) in [5.74, 6) is -2.73. The molecular weight excluding hydrogens is 420 g/mol. The molecular formula is C23H15ClN2O5. The monoisotopic (exact) mass is 434 g/mol. The molecule has 1 aliphatic rings. The molecule has 3 aromatic rings. The molecule has 0 unspecified atom stereocenters. The van der Waals surface area contributed by atoms with Crippen LogP contribution in [0.25, 0.3) is 0 Å². The number of imide groups is 1. The van der Waals surface area contributed by atoms with Gasteiger partial charge in [0.05, 0.1) is 22.4 Å². The minimum absolute atomic E-state index is 0.0307. The number of hydrogen-bond acceptors (Lipinski definition) is 4. The molecule has 0 radical (unpaired) electrons. The number of carboxylic acid groups (broad SMARTS) is 1. The average molecular weight is 435 g/mol. The van der Waals surface area contributed by atoms with Gasteiger partial charge in [-0.25, -0.2) is 9.69 Å². The summed E-state index contributed by atoms with van der Waals surface area (Å²) in [6, 6.07) is 14.9. The summed E-state index contributed by atoms with van der Waals surface area (Å²) in [6.07, 6.45) is 0. The Morgan fingerprint density at radius 2 is 1.55 bits per heavy atom. The van der Waals surface area contributed by atoms with Crippen molar-refractivity contribution in [1.29, 1.82) is 0 Å². The summed E-state index contributed by atoms with van der Waals surface area (Å²) in [6.45, 7) is 1.79. The van der Waals surface area contributed by atoms with E-state index >= 15 is 0 Å². The molecule has 3 aromatic carbocycles. The number of carboxylic acids is 1. The van der Waals surface area contributed by atoms with Crippen molar-refractivity contribution in [3.8, 4) is 0 Å². The summed E-state index contributed by atoms with van der Waals surface area (Å²) >= 11 is 6.08. The quantitative estimate of drug-likeness (QED) is 0.592. The molecule has 3 amide bonds. The number of aromatic carboxylic acids is 1. The Morgan fingerprint density at radius 3 is 2.23 bits per heavy atom. The van der Waals surface area contributed by atoms with Crippen LogP contribution >= 0.6 is 11.6 Å². The van der Waals surface area contributed by atoms with E-state index in [1.807, 2.05) is 0 Å². The van der Waals surface area contributed by atoms with Gasteiger partial charge in [-0.1, -0.05) is 17.7 Å². The van der Waals surface area contributed by atoms with Crippen LogP contribution in [0.5, 0.6) is 0 Å². The van der Waals surface area contributed by atoms with Gasteiger partial charge in [0, 0.05) is 16.3 Å². The van der Waals surface area contributed by atoms with Crippen LogP contribution in [-0.2, 0) is 0 Å². The van der Waals surface area contributed by atoms with Gasteiger partial charge in [-0.05, 0) is 67.1 Å². The molecule has 0 saturated heterocycles. The lowest BCUT2D eigenvalue weighted by Crippen LogP contribution is -2.29. The minimum Gasteiger partial charge on any atom is -0.478 e. The maximum Gasteiger partial charge on any atom is 0.335 e. The molecule has 154 valence electrons. The van der Waals surface area contributed by atoms with Gasteiger partial charge in [0.15, 0.2) is 0 Å². The second-order valence-electron chi connectivity index (χ2n) is 6.92. The second kappa shape index (κ2) is 7.70. The van der Waals surface area contributed by atoms with E-state index in [2.05, 4.69) is 5.32 Å². The number of halogens is 1. The van der Waals surface area contributed by atoms with E-state index in [9.17, 15) is 19.2 Å². The summed E-state index contributed by atoms with van der Waals surface area (Å²) in [4.78, 5) is 50.1. The molecule has 8 heteroatoms. The molecule has 0 saturated carbocycles. The van der Waals surface area contributed by atoms with Crippen molar-refractivity contribution in [3.05, 3.63) is 93.5 Å². The molecule has 1 heterocycles. The minimum atomic E-state index is -1.19. The van der Waals surface area contributed by atoms with E-state index in [-0.39, 0.29) is 28.3 Å². The summed E-state index contributed by atoms with van der Waals surface area (Å²) in [5, 5.41) is 12.4. The maximum absolute atomic E-state index is 12.7. The number of hydrogen-bond donors (Lipinski definition) is 2. The first-order valence-electron chi connectivity index (χ1n) is 9.20. The first kappa shape index (κ1) is 20.3. The third-order valence-corrected chi connectivity index (χ3v) is 5.45. The molecule has 2 N–H and O–H groups in total. The average Bonchev–Trinajstić information content (AvgIpc) is 3.01. The Bertz CT molecular complexity index is 1270. The zero-order valence-corrected chi connectivity index (χ0v) is 16.9. The van der Waals surface area contributed by atoms with Gasteiger partial charge >= 0.3 is 5.97 Å². The number of fused-ring (bicyclic) bond motifs is 1. The van der Waals surface area contributed by atoms with Gasteiger partial charge in [-0.2, -0.15) is 0 Å². The van der Waals surface area contributed by atoms with Crippen LogP contribution in [0.15, 0.2) is 60.7 Å². The molecule has 0 aliphatic carbocycles. The van der Waals surface area contributed by atoms with Gasteiger partial charge < -0.3 is 10.4 Å². The van der Waals surface area contributed by atoms with E-state index in [1.165, 1.54) is 42.5 Å². The predicted molar refractivity (Wildman–Crippen MR) is 115 cm³/mol. The van der Waals surface area contributed by atoms with E-state index in [4.69, 9.17) is 16.7 Å². The third kappa shape index (κ3) is 3.55. The van der Waals surface area contributed by atoms with Crippen LogP contribution in [0.4, 0.5) is 11.4 Å². The number of anilines is 2. The number of amides is 3. The van der Waals surface area contributed by atoms with Crippen LogP contribution in [-0.4, -0.2) is 28.8 Å². The molecule has 1 aliphatic heterocycles. The van der Waals surface area contributed by atoms with Crippen LogP contribution in [0.3, 0.4) is 0 Å². The number of carbonyl (C=O) groups excluding carboxylic acids is 3. The SMILES string of the molecule is Cc1c(Cl)cccc1NC(=O)c1ccc(N2C(=O)c3ccc(C(=O)O)cc3C2=O)cc1. The highest BCUT2D eigenvalue weighted by Crippen LogP contribution is 2.30. The van der Waals surface area contributed by atoms with Crippen LogP contribution in [0.2, 0.25) is 5.02 Å². The summed E-state index contributed by atoms with van der Waals surface area (Å²) in [5.41, 5.74) is 2.00. The van der Waals surface area contributed by atoms with Crippen LogP contribution in [0, 0.1) is 6.92 Å². The Kier molecular flexibility index (Phi) is 5.04. The Labute approximate surface area is 181 Å². The smallest absolute Gasteiger partial charge is 0.335 e. The fourth-order valence-electron chi connectivity index (χ4n) is 3.31. The van der Waals surface area contributed by atoms with E-state index in [0.29, 0.717) is 16.3 Å². The first-order chi connectivity index (χ1) is 14.8. The highest BCUT2D eigenvalue weighted by atomic mass is 35.5. The zero-order valence-electron chi connectivity index (χ0n) is 16.2. The molecule has 0 aromatic heterocycles. The van der Waals surface area contributed by atoms with E-state index in [1.54, 1.807) is 25.1 Å². The second-order valence-corrected chi connectivity index (χ2v) is 7.33. The number of nitrogens with one attached hydrogen (secondary N) is 1. The van der Waals surface area contributed by atoms with Gasteiger partial charge in [-0.3, -0.25) is 14.4 Å². The number of nitrogens with zero attached hydrogens (tertiary/aromatic N) is 1.